The van der Waals surface area contributed by atoms with Crippen LogP contribution in [0.3, 0.4) is 0 Å². The van der Waals surface area contributed by atoms with Gasteiger partial charge in [-0.15, -0.1) is 10.2 Å². The van der Waals surface area contributed by atoms with Gasteiger partial charge in [-0.25, -0.2) is 4.68 Å². The lowest BCUT2D eigenvalue weighted by atomic mass is 10.2. The van der Waals surface area contributed by atoms with Crippen molar-refractivity contribution >= 4 is 17.7 Å². The van der Waals surface area contributed by atoms with Crippen molar-refractivity contribution < 1.29 is 14.3 Å². The standard InChI is InChI=1S/C18H18N6O3S/c19-24-17(13-3-6-20-7-4-13)22-23-18(24)28-8-5-16(25)21-10-12-1-2-14-15(9-12)27-11-26-14/h1-4,6-7,9H,5,8,10-11,19H2,(H,21,25). The third-order valence-corrected chi connectivity index (χ3v) is 5.03. The number of pyridine rings is 1. The Morgan fingerprint density at radius 1 is 1.18 bits per heavy atom. The molecule has 0 saturated heterocycles. The van der Waals surface area contributed by atoms with E-state index < -0.39 is 0 Å². The minimum absolute atomic E-state index is 0.0531. The fourth-order valence-corrected chi connectivity index (χ4v) is 3.44. The van der Waals surface area contributed by atoms with Gasteiger partial charge in [0.05, 0.1) is 0 Å². The normalized spacial score (nSPS) is 12.1. The summed E-state index contributed by atoms with van der Waals surface area (Å²) in [5.41, 5.74) is 1.78. The fourth-order valence-electron chi connectivity index (χ4n) is 2.65. The number of nitrogens with two attached hydrogens (primary N) is 1. The minimum atomic E-state index is -0.0531. The second-order valence-corrected chi connectivity index (χ2v) is 7.04. The fraction of sp³-hybridized carbons (Fsp3) is 0.222. The highest BCUT2D eigenvalue weighted by Gasteiger charge is 2.14. The van der Waals surface area contributed by atoms with E-state index in [-0.39, 0.29) is 12.7 Å². The first kappa shape index (κ1) is 18.1. The van der Waals surface area contributed by atoms with Crippen LogP contribution in [0.1, 0.15) is 12.0 Å². The molecule has 1 aromatic carbocycles. The van der Waals surface area contributed by atoms with Gasteiger partial charge in [0.1, 0.15) is 0 Å². The Kier molecular flexibility index (Phi) is 5.29. The van der Waals surface area contributed by atoms with Gasteiger partial charge in [0.2, 0.25) is 17.9 Å². The van der Waals surface area contributed by atoms with E-state index in [0.717, 1.165) is 16.9 Å². The van der Waals surface area contributed by atoms with Crippen molar-refractivity contribution in [1.29, 1.82) is 0 Å². The number of nitrogens with one attached hydrogen (secondary N) is 1. The molecule has 3 heterocycles. The molecule has 1 aliphatic heterocycles. The third-order valence-electron chi connectivity index (χ3n) is 4.09. The van der Waals surface area contributed by atoms with E-state index in [2.05, 4.69) is 20.5 Å². The average molecular weight is 398 g/mol. The topological polar surface area (TPSA) is 117 Å². The third kappa shape index (κ3) is 4.01. The van der Waals surface area contributed by atoms with E-state index in [1.165, 1.54) is 16.4 Å². The SMILES string of the molecule is Nn1c(SCCC(=O)NCc2ccc3c(c2)OCO3)nnc1-c1ccncc1. The van der Waals surface area contributed by atoms with Crippen molar-refractivity contribution in [2.45, 2.75) is 18.1 Å². The van der Waals surface area contributed by atoms with Gasteiger partial charge >= 0.3 is 0 Å². The molecule has 0 radical (unpaired) electrons. The van der Waals surface area contributed by atoms with Crippen LogP contribution in [-0.4, -0.2) is 38.3 Å². The lowest BCUT2D eigenvalue weighted by molar-refractivity contribution is -0.120. The number of rotatable bonds is 7. The molecule has 0 bridgehead atoms. The number of nitrogen functional groups attached to an aromatic ring is 1. The maximum Gasteiger partial charge on any atom is 0.231 e. The smallest absolute Gasteiger partial charge is 0.231 e. The highest BCUT2D eigenvalue weighted by Crippen LogP contribution is 2.32. The summed E-state index contributed by atoms with van der Waals surface area (Å²) in [5.74, 6) is 8.53. The maximum absolute atomic E-state index is 12.1. The van der Waals surface area contributed by atoms with Gasteiger partial charge in [0.25, 0.3) is 0 Å². The quantitative estimate of drug-likeness (QED) is 0.455. The summed E-state index contributed by atoms with van der Waals surface area (Å²) < 4.78 is 12.0. The number of thioether (sulfide) groups is 1. The Morgan fingerprint density at radius 2 is 2.00 bits per heavy atom. The van der Waals surface area contributed by atoms with Crippen molar-refractivity contribution in [2.24, 2.45) is 0 Å². The molecule has 0 aliphatic carbocycles. The number of aromatic nitrogens is 4. The summed E-state index contributed by atoms with van der Waals surface area (Å²) in [6.07, 6.45) is 3.68. The van der Waals surface area contributed by atoms with E-state index >= 15 is 0 Å². The second kappa shape index (κ2) is 8.17. The van der Waals surface area contributed by atoms with Gasteiger partial charge in [0.15, 0.2) is 17.3 Å². The number of hydrogen-bond acceptors (Lipinski definition) is 8. The summed E-state index contributed by atoms with van der Waals surface area (Å²) in [4.78, 5) is 16.1. The van der Waals surface area contributed by atoms with Crippen LogP contribution in [0, 0.1) is 0 Å². The zero-order chi connectivity index (χ0) is 19.3. The predicted octanol–water partition coefficient (Wildman–Crippen LogP) is 1.58. The predicted molar refractivity (Wildman–Crippen MR) is 103 cm³/mol. The summed E-state index contributed by atoms with van der Waals surface area (Å²) >= 11 is 1.38. The number of amides is 1. The first-order valence-corrected chi connectivity index (χ1v) is 9.58. The average Bonchev–Trinajstić information content (AvgIpc) is 3.33. The van der Waals surface area contributed by atoms with E-state index in [9.17, 15) is 4.79 Å². The van der Waals surface area contributed by atoms with Gasteiger partial charge in [-0.05, 0) is 29.8 Å². The number of nitrogens with zero attached hydrogens (tertiary/aromatic N) is 4. The number of carbonyl (C=O) groups excluding carboxylic acids is 1. The molecule has 2 aromatic heterocycles. The molecule has 28 heavy (non-hydrogen) atoms. The molecule has 144 valence electrons. The van der Waals surface area contributed by atoms with Gasteiger partial charge in [-0.1, -0.05) is 17.8 Å². The zero-order valence-electron chi connectivity index (χ0n) is 14.9. The first-order chi connectivity index (χ1) is 13.7. The lowest BCUT2D eigenvalue weighted by Crippen LogP contribution is -2.23. The van der Waals surface area contributed by atoms with Crippen molar-refractivity contribution in [1.82, 2.24) is 25.2 Å². The van der Waals surface area contributed by atoms with Crippen LogP contribution in [0.2, 0.25) is 0 Å². The van der Waals surface area contributed by atoms with Crippen LogP contribution >= 0.6 is 11.8 Å². The van der Waals surface area contributed by atoms with Gasteiger partial charge in [0, 0.05) is 36.7 Å². The van der Waals surface area contributed by atoms with Crippen molar-refractivity contribution in [3.63, 3.8) is 0 Å². The molecular weight excluding hydrogens is 380 g/mol. The van der Waals surface area contributed by atoms with Crippen LogP contribution in [0.15, 0.2) is 47.9 Å². The number of benzene rings is 1. The maximum atomic E-state index is 12.1. The Morgan fingerprint density at radius 3 is 2.86 bits per heavy atom. The number of carbonyl (C=O) groups is 1. The van der Waals surface area contributed by atoms with Gasteiger partial charge in [-0.3, -0.25) is 9.78 Å². The Bertz CT molecular complexity index is 979. The molecule has 0 atom stereocenters. The Labute approximate surface area is 165 Å². The summed E-state index contributed by atoms with van der Waals surface area (Å²) in [6.45, 7) is 0.663. The first-order valence-electron chi connectivity index (χ1n) is 8.59. The Hall–Kier alpha value is -3.27. The highest BCUT2D eigenvalue weighted by atomic mass is 32.2. The molecule has 3 aromatic rings. The van der Waals surface area contributed by atoms with Crippen LogP contribution < -0.4 is 20.6 Å². The highest BCUT2D eigenvalue weighted by molar-refractivity contribution is 7.99. The molecule has 0 spiro atoms. The molecule has 9 nitrogen and oxygen atoms in total. The molecule has 10 heteroatoms. The number of hydrogen-bond donors (Lipinski definition) is 2. The van der Waals surface area contributed by atoms with Crippen LogP contribution in [0.5, 0.6) is 11.5 Å². The number of ether oxygens (including phenoxy) is 2. The molecule has 3 N–H and O–H groups in total. The number of fused-ring (bicyclic) bond motifs is 1. The van der Waals surface area contributed by atoms with Gasteiger partial charge < -0.3 is 20.6 Å². The van der Waals surface area contributed by atoms with E-state index in [1.807, 2.05) is 30.3 Å². The summed E-state index contributed by atoms with van der Waals surface area (Å²) in [6, 6.07) is 9.24. The van der Waals surface area contributed by atoms with Gasteiger partial charge in [-0.2, -0.15) is 0 Å². The molecule has 0 unspecified atom stereocenters. The monoisotopic (exact) mass is 398 g/mol. The molecular formula is C18H18N6O3S. The molecule has 1 amide bonds. The van der Waals surface area contributed by atoms with E-state index in [4.69, 9.17) is 15.3 Å². The largest absolute Gasteiger partial charge is 0.454 e. The Balaban J connectivity index is 1.25. The van der Waals surface area contributed by atoms with E-state index in [0.29, 0.717) is 35.4 Å². The van der Waals surface area contributed by atoms with Crippen LogP contribution in [0.25, 0.3) is 11.4 Å². The molecule has 0 fully saturated rings. The summed E-state index contributed by atoms with van der Waals surface area (Å²) in [5, 5.41) is 11.6. The van der Waals surface area contributed by atoms with Crippen molar-refractivity contribution in [3.8, 4) is 22.9 Å². The zero-order valence-corrected chi connectivity index (χ0v) is 15.7. The second-order valence-electron chi connectivity index (χ2n) is 5.97. The van der Waals surface area contributed by atoms with Crippen molar-refractivity contribution in [3.05, 3.63) is 48.3 Å². The van der Waals surface area contributed by atoms with Crippen LogP contribution in [0.4, 0.5) is 0 Å². The minimum Gasteiger partial charge on any atom is -0.454 e. The lowest BCUT2D eigenvalue weighted by Gasteiger charge is -2.06. The van der Waals surface area contributed by atoms with E-state index in [1.54, 1.807) is 12.4 Å². The summed E-state index contributed by atoms with van der Waals surface area (Å²) in [7, 11) is 0. The van der Waals surface area contributed by atoms with Crippen LogP contribution in [-0.2, 0) is 11.3 Å². The van der Waals surface area contributed by atoms with Crippen molar-refractivity contribution in [2.75, 3.05) is 18.4 Å². The molecule has 4 rings (SSSR count). The molecule has 1 aliphatic rings. The molecule has 0 saturated carbocycles.